The zero-order valence-corrected chi connectivity index (χ0v) is 14.9. The monoisotopic (exact) mass is 419 g/mol. The van der Waals surface area contributed by atoms with Crippen molar-refractivity contribution in [1.82, 2.24) is 10.2 Å². The van der Waals surface area contributed by atoms with Crippen LogP contribution in [-0.2, 0) is 0 Å². The number of aromatic amines is 1. The highest BCUT2D eigenvalue weighted by molar-refractivity contribution is 6.43. The molecule has 0 atom stereocenters. The number of nitrogens with one attached hydrogen (secondary N) is 1. The lowest BCUT2D eigenvalue weighted by Crippen LogP contribution is -2.09. The van der Waals surface area contributed by atoms with Crippen molar-refractivity contribution in [3.05, 3.63) is 64.8 Å². The maximum atomic E-state index is 11.9. The first kappa shape index (κ1) is 17.8. The van der Waals surface area contributed by atoms with Crippen LogP contribution in [0, 0.1) is 10.1 Å². The summed E-state index contributed by atoms with van der Waals surface area (Å²) in [5.74, 6) is -0.105. The van der Waals surface area contributed by atoms with Crippen molar-refractivity contribution in [3.63, 3.8) is 0 Å². The molecule has 7 nitrogen and oxygen atoms in total. The summed E-state index contributed by atoms with van der Waals surface area (Å²) in [4.78, 5) is 22.1. The molecule has 0 spiro atoms. The predicted octanol–water partition coefficient (Wildman–Crippen LogP) is 5.24. The number of aromatic nitrogens is 2. The van der Waals surface area contributed by atoms with Crippen LogP contribution in [0.4, 0.5) is 5.69 Å². The average molecular weight is 421 g/mol. The Morgan fingerprint density at radius 3 is 2.08 bits per heavy atom. The quantitative estimate of drug-likeness (QED) is 0.461. The Morgan fingerprint density at radius 2 is 1.52 bits per heavy atom. The average Bonchev–Trinajstić information content (AvgIpc) is 2.54. The number of fused-ring (bicyclic) bond motifs is 1. The number of H-pyrrole nitrogens is 1. The molecule has 0 aliphatic heterocycles. The molecule has 128 valence electrons. The Kier molecular flexibility index (Phi) is 4.75. The van der Waals surface area contributed by atoms with Crippen LogP contribution in [0.5, 0.6) is 11.6 Å². The van der Waals surface area contributed by atoms with Gasteiger partial charge in [0.25, 0.3) is 11.2 Å². The lowest BCUT2D eigenvalue weighted by atomic mass is 10.2. The molecule has 1 heterocycles. The van der Waals surface area contributed by atoms with E-state index in [1.165, 1.54) is 12.1 Å². The topological polar surface area (TPSA) is 98.1 Å². The van der Waals surface area contributed by atoms with Crippen molar-refractivity contribution in [2.75, 3.05) is 0 Å². The van der Waals surface area contributed by atoms with E-state index in [0.29, 0.717) is 0 Å². The van der Waals surface area contributed by atoms with Crippen LogP contribution in [0.2, 0.25) is 20.1 Å². The number of nitro benzene ring substituents is 1. The SMILES string of the molecule is O=c1[nH]nc(Oc2c(Cl)cc([N+](=O)[O-])cc2Cl)c2cc(Cl)c(Cl)cc12. The molecule has 0 saturated heterocycles. The summed E-state index contributed by atoms with van der Waals surface area (Å²) in [6.07, 6.45) is 0. The van der Waals surface area contributed by atoms with E-state index in [9.17, 15) is 14.9 Å². The lowest BCUT2D eigenvalue weighted by Gasteiger charge is -2.10. The van der Waals surface area contributed by atoms with Gasteiger partial charge in [0.15, 0.2) is 5.75 Å². The van der Waals surface area contributed by atoms with Gasteiger partial charge in [-0.2, -0.15) is 0 Å². The van der Waals surface area contributed by atoms with Gasteiger partial charge >= 0.3 is 0 Å². The minimum absolute atomic E-state index is 0.0502. The minimum atomic E-state index is -0.642. The van der Waals surface area contributed by atoms with Crippen molar-refractivity contribution in [2.45, 2.75) is 0 Å². The molecule has 25 heavy (non-hydrogen) atoms. The third-order valence-corrected chi connectivity index (χ3v) is 4.47. The molecular formula is C14H5Cl4N3O4. The zero-order valence-electron chi connectivity index (χ0n) is 11.8. The third kappa shape index (κ3) is 3.36. The predicted molar refractivity (Wildman–Crippen MR) is 95.6 cm³/mol. The molecule has 0 fully saturated rings. The molecule has 0 unspecified atom stereocenters. The van der Waals surface area contributed by atoms with Gasteiger partial charge in [-0.25, -0.2) is 5.10 Å². The Balaban J connectivity index is 2.16. The van der Waals surface area contributed by atoms with Gasteiger partial charge in [-0.3, -0.25) is 14.9 Å². The number of halogens is 4. The van der Waals surface area contributed by atoms with Crippen LogP contribution >= 0.6 is 46.4 Å². The van der Waals surface area contributed by atoms with E-state index in [-0.39, 0.29) is 48.2 Å². The number of hydrogen-bond acceptors (Lipinski definition) is 5. The van der Waals surface area contributed by atoms with E-state index in [1.54, 1.807) is 0 Å². The molecule has 0 amide bonds. The first-order chi connectivity index (χ1) is 11.8. The summed E-state index contributed by atoms with van der Waals surface area (Å²) in [5, 5.41) is 17.5. The molecule has 2 aromatic carbocycles. The normalized spacial score (nSPS) is 10.9. The number of nitro groups is 1. The van der Waals surface area contributed by atoms with Crippen LogP contribution in [0.3, 0.4) is 0 Å². The lowest BCUT2D eigenvalue weighted by molar-refractivity contribution is -0.384. The number of hydrogen-bond donors (Lipinski definition) is 1. The van der Waals surface area contributed by atoms with Crippen LogP contribution in [0.25, 0.3) is 10.8 Å². The summed E-state index contributed by atoms with van der Waals surface area (Å²) in [5.41, 5.74) is -0.793. The highest BCUT2D eigenvalue weighted by Crippen LogP contribution is 2.40. The zero-order chi connectivity index (χ0) is 18.3. The highest BCUT2D eigenvalue weighted by Gasteiger charge is 2.19. The number of nitrogens with zero attached hydrogens (tertiary/aromatic N) is 2. The van der Waals surface area contributed by atoms with Crippen molar-refractivity contribution >= 4 is 62.9 Å². The molecule has 1 N–H and O–H groups in total. The minimum Gasteiger partial charge on any atom is -0.434 e. The van der Waals surface area contributed by atoms with Gasteiger partial charge in [-0.05, 0) is 12.1 Å². The molecular weight excluding hydrogens is 416 g/mol. The van der Waals surface area contributed by atoms with E-state index < -0.39 is 10.5 Å². The standard InChI is InChI=1S/C14H5Cl4N3O4/c15-8-3-6-7(4-9(8)16)14(20-19-13(6)22)25-12-10(17)1-5(21(23)24)2-11(12)18/h1-4H,(H,19,22). The molecule has 0 radical (unpaired) electrons. The Labute approximate surface area is 159 Å². The third-order valence-electron chi connectivity index (χ3n) is 3.19. The molecule has 0 aliphatic rings. The Bertz CT molecular complexity index is 1060. The summed E-state index contributed by atoms with van der Waals surface area (Å²) in [6.45, 7) is 0. The van der Waals surface area contributed by atoms with Gasteiger partial charge in [-0.15, -0.1) is 5.10 Å². The van der Waals surface area contributed by atoms with Crippen molar-refractivity contribution in [1.29, 1.82) is 0 Å². The van der Waals surface area contributed by atoms with E-state index in [4.69, 9.17) is 51.1 Å². The Hall–Kier alpha value is -2.06. The molecule has 0 saturated carbocycles. The first-order valence-corrected chi connectivity index (χ1v) is 7.98. The van der Waals surface area contributed by atoms with Gasteiger partial charge in [0.2, 0.25) is 5.88 Å². The fourth-order valence-electron chi connectivity index (χ4n) is 2.06. The molecule has 1 aromatic heterocycles. The number of non-ortho nitro benzene ring substituents is 1. The summed E-state index contributed by atoms with van der Waals surface area (Å²) in [6, 6.07) is 4.94. The number of benzene rings is 2. The number of rotatable bonds is 3. The highest BCUT2D eigenvalue weighted by atomic mass is 35.5. The summed E-state index contributed by atoms with van der Waals surface area (Å²) >= 11 is 23.9. The first-order valence-electron chi connectivity index (χ1n) is 6.46. The van der Waals surface area contributed by atoms with Crippen LogP contribution < -0.4 is 10.3 Å². The molecule has 3 rings (SSSR count). The second-order valence-electron chi connectivity index (χ2n) is 4.77. The molecule has 0 bridgehead atoms. The van der Waals surface area contributed by atoms with Gasteiger partial charge in [0.05, 0.1) is 35.8 Å². The maximum Gasteiger partial charge on any atom is 0.272 e. The molecule has 11 heteroatoms. The van der Waals surface area contributed by atoms with Crippen LogP contribution in [0.15, 0.2) is 29.1 Å². The van der Waals surface area contributed by atoms with E-state index in [2.05, 4.69) is 10.2 Å². The maximum absolute atomic E-state index is 11.9. The fraction of sp³-hybridized carbons (Fsp3) is 0. The van der Waals surface area contributed by atoms with Gasteiger partial charge in [-0.1, -0.05) is 46.4 Å². The van der Waals surface area contributed by atoms with Crippen LogP contribution in [0.1, 0.15) is 0 Å². The van der Waals surface area contributed by atoms with E-state index in [1.807, 2.05) is 0 Å². The second kappa shape index (κ2) is 6.68. The van der Waals surface area contributed by atoms with Crippen LogP contribution in [-0.4, -0.2) is 15.1 Å². The van der Waals surface area contributed by atoms with Gasteiger partial charge < -0.3 is 4.74 Å². The van der Waals surface area contributed by atoms with E-state index >= 15 is 0 Å². The van der Waals surface area contributed by atoms with E-state index in [0.717, 1.165) is 12.1 Å². The van der Waals surface area contributed by atoms with Crippen molar-refractivity contribution in [2.24, 2.45) is 0 Å². The Morgan fingerprint density at radius 1 is 0.960 bits per heavy atom. The second-order valence-corrected chi connectivity index (χ2v) is 6.40. The molecule has 3 aromatic rings. The van der Waals surface area contributed by atoms with Gasteiger partial charge in [0, 0.05) is 12.1 Å². The van der Waals surface area contributed by atoms with Gasteiger partial charge in [0.1, 0.15) is 0 Å². The smallest absolute Gasteiger partial charge is 0.272 e. The molecule has 0 aliphatic carbocycles. The number of ether oxygens (including phenoxy) is 1. The largest absolute Gasteiger partial charge is 0.434 e. The summed E-state index contributed by atoms with van der Waals surface area (Å²) in [7, 11) is 0. The van der Waals surface area contributed by atoms with Crippen molar-refractivity contribution in [3.8, 4) is 11.6 Å². The summed E-state index contributed by atoms with van der Waals surface area (Å²) < 4.78 is 5.57. The van der Waals surface area contributed by atoms with Crippen molar-refractivity contribution < 1.29 is 9.66 Å². The fourth-order valence-corrected chi connectivity index (χ4v) is 2.94.